The van der Waals surface area contributed by atoms with Gasteiger partial charge < -0.3 is 10.4 Å². The SMILES string of the molecule is CCC(CC)(CO)NCCF. The number of rotatable bonds is 6. The molecule has 0 bridgehead atoms. The molecule has 3 heteroatoms. The summed E-state index contributed by atoms with van der Waals surface area (Å²) in [6.45, 7) is 4.03. The third-order valence-electron chi connectivity index (χ3n) is 2.25. The van der Waals surface area contributed by atoms with Gasteiger partial charge in [0.15, 0.2) is 0 Å². The lowest BCUT2D eigenvalue weighted by molar-refractivity contribution is 0.149. The van der Waals surface area contributed by atoms with Crippen LogP contribution in [0.3, 0.4) is 0 Å². The molecule has 0 saturated heterocycles. The summed E-state index contributed by atoms with van der Waals surface area (Å²) in [6, 6.07) is 0. The standard InChI is InChI=1S/C8H18FNO/c1-3-8(4-2,7-11)10-6-5-9/h10-11H,3-7H2,1-2H3. The number of alkyl halides is 1. The van der Waals surface area contributed by atoms with Crippen LogP contribution in [0.15, 0.2) is 0 Å². The molecule has 0 aromatic rings. The van der Waals surface area contributed by atoms with E-state index < -0.39 is 0 Å². The minimum atomic E-state index is -0.373. The molecule has 0 heterocycles. The van der Waals surface area contributed by atoms with Crippen molar-refractivity contribution >= 4 is 0 Å². The van der Waals surface area contributed by atoms with Crippen LogP contribution in [0, 0.1) is 0 Å². The zero-order chi connectivity index (χ0) is 8.74. The van der Waals surface area contributed by atoms with Gasteiger partial charge in [0, 0.05) is 12.1 Å². The van der Waals surface area contributed by atoms with Gasteiger partial charge in [-0.25, -0.2) is 4.39 Å². The van der Waals surface area contributed by atoms with E-state index in [1.54, 1.807) is 0 Å². The van der Waals surface area contributed by atoms with Crippen molar-refractivity contribution in [1.29, 1.82) is 0 Å². The van der Waals surface area contributed by atoms with Crippen LogP contribution in [0.25, 0.3) is 0 Å². The second-order valence-electron chi connectivity index (χ2n) is 2.76. The van der Waals surface area contributed by atoms with Crippen molar-refractivity contribution in [2.24, 2.45) is 0 Å². The summed E-state index contributed by atoms with van der Waals surface area (Å²) in [5.74, 6) is 0. The highest BCUT2D eigenvalue weighted by atomic mass is 19.1. The number of aliphatic hydroxyl groups is 1. The highest BCUT2D eigenvalue weighted by Crippen LogP contribution is 2.13. The summed E-state index contributed by atoms with van der Waals surface area (Å²) in [5, 5.41) is 12.0. The largest absolute Gasteiger partial charge is 0.394 e. The molecular weight excluding hydrogens is 145 g/mol. The molecule has 0 unspecified atom stereocenters. The van der Waals surface area contributed by atoms with Crippen LogP contribution in [0.2, 0.25) is 0 Å². The maximum Gasteiger partial charge on any atom is 0.102 e. The quantitative estimate of drug-likeness (QED) is 0.614. The monoisotopic (exact) mass is 163 g/mol. The van der Waals surface area contributed by atoms with Crippen molar-refractivity contribution < 1.29 is 9.50 Å². The predicted octanol–water partition coefficient (Wildman–Crippen LogP) is 1.10. The lowest BCUT2D eigenvalue weighted by Gasteiger charge is -2.30. The molecule has 0 aliphatic rings. The molecule has 0 aromatic carbocycles. The van der Waals surface area contributed by atoms with Crippen LogP contribution in [0.1, 0.15) is 26.7 Å². The molecule has 11 heavy (non-hydrogen) atoms. The Morgan fingerprint density at radius 2 is 1.91 bits per heavy atom. The van der Waals surface area contributed by atoms with E-state index in [4.69, 9.17) is 5.11 Å². The first-order chi connectivity index (χ1) is 5.24. The topological polar surface area (TPSA) is 32.3 Å². The third-order valence-corrected chi connectivity index (χ3v) is 2.25. The fraction of sp³-hybridized carbons (Fsp3) is 1.00. The van der Waals surface area contributed by atoms with Gasteiger partial charge >= 0.3 is 0 Å². The fourth-order valence-corrected chi connectivity index (χ4v) is 1.09. The van der Waals surface area contributed by atoms with Crippen molar-refractivity contribution in [3.8, 4) is 0 Å². The Morgan fingerprint density at radius 3 is 2.18 bits per heavy atom. The molecule has 0 aliphatic heterocycles. The second-order valence-corrected chi connectivity index (χ2v) is 2.76. The van der Waals surface area contributed by atoms with E-state index in [9.17, 15) is 4.39 Å². The molecule has 2 N–H and O–H groups in total. The average molecular weight is 163 g/mol. The fourth-order valence-electron chi connectivity index (χ4n) is 1.09. The summed E-state index contributed by atoms with van der Waals surface area (Å²) >= 11 is 0. The molecule has 0 fully saturated rings. The molecule has 0 spiro atoms. The van der Waals surface area contributed by atoms with E-state index in [1.165, 1.54) is 0 Å². The van der Waals surface area contributed by atoms with Gasteiger partial charge in [-0.3, -0.25) is 0 Å². The maximum atomic E-state index is 11.8. The zero-order valence-electron chi connectivity index (χ0n) is 7.36. The number of aliphatic hydroxyl groups excluding tert-OH is 1. The van der Waals surface area contributed by atoms with Gasteiger partial charge in [-0.05, 0) is 12.8 Å². The van der Waals surface area contributed by atoms with Gasteiger partial charge in [-0.2, -0.15) is 0 Å². The lowest BCUT2D eigenvalue weighted by atomic mass is 9.94. The van der Waals surface area contributed by atoms with Crippen molar-refractivity contribution in [3.05, 3.63) is 0 Å². The lowest BCUT2D eigenvalue weighted by Crippen LogP contribution is -2.48. The van der Waals surface area contributed by atoms with Crippen molar-refractivity contribution in [2.45, 2.75) is 32.2 Å². The Labute approximate surface area is 67.8 Å². The van der Waals surface area contributed by atoms with Gasteiger partial charge in [0.25, 0.3) is 0 Å². The summed E-state index contributed by atoms with van der Waals surface area (Å²) in [5.41, 5.74) is -0.258. The van der Waals surface area contributed by atoms with Crippen LogP contribution >= 0.6 is 0 Å². The minimum absolute atomic E-state index is 0.0833. The molecule has 2 nitrogen and oxygen atoms in total. The van der Waals surface area contributed by atoms with Crippen molar-refractivity contribution in [1.82, 2.24) is 5.32 Å². The van der Waals surface area contributed by atoms with Crippen LogP contribution in [0.4, 0.5) is 4.39 Å². The molecule has 68 valence electrons. The smallest absolute Gasteiger partial charge is 0.102 e. The van der Waals surface area contributed by atoms with Crippen LogP contribution in [-0.2, 0) is 0 Å². The highest BCUT2D eigenvalue weighted by molar-refractivity contribution is 4.84. The maximum absolute atomic E-state index is 11.8. The van der Waals surface area contributed by atoms with E-state index in [0.29, 0.717) is 6.54 Å². The molecule has 0 aromatic heterocycles. The number of halogens is 1. The number of nitrogens with one attached hydrogen (secondary N) is 1. The minimum Gasteiger partial charge on any atom is -0.394 e. The van der Waals surface area contributed by atoms with Gasteiger partial charge in [0.1, 0.15) is 6.67 Å². The Balaban J connectivity index is 3.84. The Bertz CT molecular complexity index is 85.8. The summed E-state index contributed by atoms with van der Waals surface area (Å²) in [4.78, 5) is 0. The second kappa shape index (κ2) is 5.49. The highest BCUT2D eigenvalue weighted by Gasteiger charge is 2.23. The third kappa shape index (κ3) is 3.16. The molecule has 0 atom stereocenters. The van der Waals surface area contributed by atoms with Crippen LogP contribution in [-0.4, -0.2) is 30.5 Å². The van der Waals surface area contributed by atoms with E-state index in [0.717, 1.165) is 12.8 Å². The van der Waals surface area contributed by atoms with Crippen LogP contribution < -0.4 is 5.32 Å². The van der Waals surface area contributed by atoms with Gasteiger partial charge in [-0.15, -0.1) is 0 Å². The number of hydrogen-bond donors (Lipinski definition) is 2. The normalized spacial score (nSPS) is 12.0. The van der Waals surface area contributed by atoms with Crippen molar-refractivity contribution in [2.75, 3.05) is 19.8 Å². The molecule has 0 rings (SSSR count). The van der Waals surface area contributed by atoms with E-state index in [2.05, 4.69) is 5.32 Å². The van der Waals surface area contributed by atoms with Gasteiger partial charge in [0.2, 0.25) is 0 Å². The van der Waals surface area contributed by atoms with Crippen molar-refractivity contribution in [3.63, 3.8) is 0 Å². The van der Waals surface area contributed by atoms with E-state index in [1.807, 2.05) is 13.8 Å². The van der Waals surface area contributed by atoms with Gasteiger partial charge in [0.05, 0.1) is 6.61 Å². The Kier molecular flexibility index (Phi) is 5.42. The summed E-state index contributed by atoms with van der Waals surface area (Å²) in [7, 11) is 0. The first kappa shape index (κ1) is 10.8. The molecule has 0 aliphatic carbocycles. The molecular formula is C8H18FNO. The molecule has 0 amide bonds. The molecule has 0 radical (unpaired) electrons. The number of hydrogen-bond acceptors (Lipinski definition) is 2. The first-order valence-electron chi connectivity index (χ1n) is 4.16. The molecule has 0 saturated carbocycles. The first-order valence-corrected chi connectivity index (χ1v) is 4.16. The summed E-state index contributed by atoms with van der Waals surface area (Å²) in [6.07, 6.45) is 1.67. The Morgan fingerprint density at radius 1 is 1.36 bits per heavy atom. The average Bonchev–Trinajstić information content (AvgIpc) is 2.08. The van der Waals surface area contributed by atoms with Crippen LogP contribution in [0.5, 0.6) is 0 Å². The summed E-state index contributed by atoms with van der Waals surface area (Å²) < 4.78 is 11.8. The van der Waals surface area contributed by atoms with E-state index in [-0.39, 0.29) is 18.8 Å². The van der Waals surface area contributed by atoms with E-state index >= 15 is 0 Å². The van der Waals surface area contributed by atoms with Gasteiger partial charge in [-0.1, -0.05) is 13.8 Å². The Hall–Kier alpha value is -0.150. The predicted molar refractivity (Wildman–Crippen MR) is 44.4 cm³/mol. The zero-order valence-corrected chi connectivity index (χ0v) is 7.36.